The van der Waals surface area contributed by atoms with Gasteiger partial charge in [0.25, 0.3) is 0 Å². The number of nitrogens with one attached hydrogen (secondary N) is 1. The number of thiophene rings is 1. The van der Waals surface area contributed by atoms with Gasteiger partial charge in [-0.2, -0.15) is 0 Å². The predicted molar refractivity (Wildman–Crippen MR) is 143 cm³/mol. The first-order chi connectivity index (χ1) is 17.7. The number of carbonyl (C=O) groups is 2. The zero-order chi connectivity index (χ0) is 26.6. The van der Waals surface area contributed by atoms with E-state index in [1.807, 2.05) is 62.5 Å². The van der Waals surface area contributed by atoms with Crippen molar-refractivity contribution in [3.05, 3.63) is 70.4 Å². The number of hydrogen-bond donors (Lipinski definition) is 1. The van der Waals surface area contributed by atoms with E-state index in [4.69, 9.17) is 9.47 Å². The van der Waals surface area contributed by atoms with Crippen molar-refractivity contribution in [1.29, 1.82) is 0 Å². The van der Waals surface area contributed by atoms with Gasteiger partial charge in [0.2, 0.25) is 11.8 Å². The topological polar surface area (TPSA) is 98.6 Å². The van der Waals surface area contributed by atoms with Gasteiger partial charge in [-0.15, -0.1) is 16.4 Å². The zero-order valence-corrected chi connectivity index (χ0v) is 22.4. The number of benzene rings is 2. The lowest BCUT2D eigenvalue weighted by Gasteiger charge is -2.34. The summed E-state index contributed by atoms with van der Waals surface area (Å²) in [6, 6.07) is 15.6. The number of aromatic nitrogens is 3. The molecule has 0 spiro atoms. The molecule has 2 aromatic heterocycles. The van der Waals surface area contributed by atoms with Gasteiger partial charge in [0, 0.05) is 16.0 Å². The van der Waals surface area contributed by atoms with Gasteiger partial charge in [-0.05, 0) is 62.5 Å². The minimum atomic E-state index is -0.992. The molecule has 2 aromatic carbocycles. The lowest BCUT2D eigenvalue weighted by molar-refractivity contribution is -0.142. The highest BCUT2D eigenvalue weighted by Gasteiger charge is 2.36. The molecule has 37 heavy (non-hydrogen) atoms. The van der Waals surface area contributed by atoms with Crippen LogP contribution in [-0.4, -0.2) is 51.5 Å². The van der Waals surface area contributed by atoms with Crippen LogP contribution >= 0.6 is 11.3 Å². The molecule has 0 saturated carbocycles. The van der Waals surface area contributed by atoms with Crippen LogP contribution in [0.3, 0.4) is 0 Å². The Bertz CT molecular complexity index is 1380. The van der Waals surface area contributed by atoms with Gasteiger partial charge in [0.1, 0.15) is 29.6 Å². The molecule has 194 valence electrons. The second-order valence-corrected chi connectivity index (χ2v) is 10.6. The van der Waals surface area contributed by atoms with Crippen molar-refractivity contribution in [3.63, 3.8) is 0 Å². The molecular weight excluding hydrogens is 490 g/mol. The lowest BCUT2D eigenvalue weighted by atomic mass is 10.00. The number of carbonyl (C=O) groups excluding carboxylic acids is 2. The minimum absolute atomic E-state index is 0.0858. The van der Waals surface area contributed by atoms with Gasteiger partial charge < -0.3 is 19.7 Å². The molecule has 0 saturated heterocycles. The van der Waals surface area contributed by atoms with E-state index in [1.54, 1.807) is 34.9 Å². The van der Waals surface area contributed by atoms with Crippen molar-refractivity contribution in [2.24, 2.45) is 0 Å². The predicted octanol–water partition coefficient (Wildman–Crippen LogP) is 4.19. The third-order valence-corrected chi connectivity index (χ3v) is 6.58. The number of amides is 2. The van der Waals surface area contributed by atoms with Crippen LogP contribution in [0.1, 0.15) is 37.3 Å². The molecule has 1 N–H and O–H groups in total. The van der Waals surface area contributed by atoms with E-state index in [9.17, 15) is 9.59 Å². The summed E-state index contributed by atoms with van der Waals surface area (Å²) in [6.07, 6.45) is 0. The number of methoxy groups -OCH3 is 2. The summed E-state index contributed by atoms with van der Waals surface area (Å²) in [5.74, 6) is 0.413. The summed E-state index contributed by atoms with van der Waals surface area (Å²) < 4.78 is 12.6. The van der Waals surface area contributed by atoms with Crippen LogP contribution < -0.4 is 14.8 Å². The van der Waals surface area contributed by atoms with Gasteiger partial charge in [-0.3, -0.25) is 9.59 Å². The third-order valence-electron chi connectivity index (χ3n) is 5.72. The van der Waals surface area contributed by atoms with E-state index in [0.717, 1.165) is 10.4 Å². The van der Waals surface area contributed by atoms with Crippen LogP contribution in [0, 0.1) is 0 Å². The quantitative estimate of drug-likeness (QED) is 0.355. The van der Waals surface area contributed by atoms with Gasteiger partial charge >= 0.3 is 0 Å². The Kier molecular flexibility index (Phi) is 7.77. The molecule has 10 heteroatoms. The average molecular weight is 522 g/mol. The molecule has 0 radical (unpaired) electrons. The number of para-hydroxylation sites is 1. The second-order valence-electron chi connectivity index (χ2n) is 9.59. The first kappa shape index (κ1) is 26.2. The molecular formula is C27H31N5O4S. The number of rotatable bonds is 9. The summed E-state index contributed by atoms with van der Waals surface area (Å²) >= 11 is 1.52. The highest BCUT2D eigenvalue weighted by Crippen LogP contribution is 2.35. The molecule has 2 heterocycles. The lowest BCUT2D eigenvalue weighted by Crippen LogP contribution is -2.49. The van der Waals surface area contributed by atoms with E-state index in [2.05, 4.69) is 15.6 Å². The second kappa shape index (κ2) is 11.0. The van der Waals surface area contributed by atoms with Gasteiger partial charge in [0.15, 0.2) is 0 Å². The van der Waals surface area contributed by atoms with Crippen molar-refractivity contribution < 1.29 is 19.1 Å². The van der Waals surface area contributed by atoms with Crippen LogP contribution in [0.2, 0.25) is 0 Å². The molecule has 1 unspecified atom stereocenters. The Hall–Kier alpha value is -3.92. The molecule has 9 nitrogen and oxygen atoms in total. The first-order valence-corrected chi connectivity index (χ1v) is 12.7. The Balaban J connectivity index is 1.82. The van der Waals surface area contributed by atoms with Crippen LogP contribution in [-0.2, 0) is 22.7 Å². The van der Waals surface area contributed by atoms with Crippen LogP contribution in [0.15, 0.2) is 60.0 Å². The fraction of sp³-hybridized carbons (Fsp3) is 0.333. The maximum Gasteiger partial charge on any atom is 0.248 e. The van der Waals surface area contributed by atoms with Crippen LogP contribution in [0.5, 0.6) is 11.5 Å². The molecule has 1 atom stereocenters. The summed E-state index contributed by atoms with van der Waals surface area (Å²) in [5.41, 5.74) is 1.43. The van der Waals surface area contributed by atoms with Crippen molar-refractivity contribution in [2.75, 3.05) is 14.2 Å². The van der Waals surface area contributed by atoms with E-state index in [0.29, 0.717) is 22.6 Å². The number of fused-ring (bicyclic) bond motifs is 1. The molecule has 0 aliphatic carbocycles. The van der Waals surface area contributed by atoms with Gasteiger partial charge in [-0.25, -0.2) is 4.68 Å². The SMILES string of the molecule is COc1ccc(OC)c(C(C(=O)NC(C)(C)C)N(Cc2cccs2)C(=O)Cn2nnc3ccccc32)c1. The van der Waals surface area contributed by atoms with E-state index in [-0.39, 0.29) is 24.9 Å². The Labute approximate surface area is 220 Å². The van der Waals surface area contributed by atoms with Crippen LogP contribution in [0.4, 0.5) is 0 Å². The molecule has 2 amide bonds. The summed E-state index contributed by atoms with van der Waals surface area (Å²) in [4.78, 5) is 30.4. The summed E-state index contributed by atoms with van der Waals surface area (Å²) in [5, 5.41) is 13.4. The van der Waals surface area contributed by atoms with Crippen molar-refractivity contribution in [1.82, 2.24) is 25.2 Å². The maximum atomic E-state index is 14.0. The highest BCUT2D eigenvalue weighted by molar-refractivity contribution is 7.09. The minimum Gasteiger partial charge on any atom is -0.497 e. The highest BCUT2D eigenvalue weighted by atomic mass is 32.1. The normalized spacial score (nSPS) is 12.2. The molecule has 0 aliphatic rings. The van der Waals surface area contributed by atoms with Gasteiger partial charge in [0.05, 0.1) is 26.3 Å². The Morgan fingerprint density at radius 1 is 1.08 bits per heavy atom. The molecule has 4 aromatic rings. The fourth-order valence-corrected chi connectivity index (χ4v) is 4.79. The maximum absolute atomic E-state index is 14.0. The third kappa shape index (κ3) is 6.08. The van der Waals surface area contributed by atoms with Crippen molar-refractivity contribution in [3.8, 4) is 11.5 Å². The molecule has 0 aliphatic heterocycles. The zero-order valence-electron chi connectivity index (χ0n) is 21.6. The van der Waals surface area contributed by atoms with Crippen LogP contribution in [0.25, 0.3) is 11.0 Å². The average Bonchev–Trinajstić information content (AvgIpc) is 3.52. The van der Waals surface area contributed by atoms with Crippen molar-refractivity contribution in [2.45, 2.75) is 45.4 Å². The molecule has 4 rings (SSSR count). The fourth-order valence-electron chi connectivity index (χ4n) is 4.09. The first-order valence-electron chi connectivity index (χ1n) is 11.8. The standard InChI is InChI=1S/C27H31N5O4S/c1-27(2,3)28-26(34)25(20-15-18(35-4)12-13-23(20)36-5)31(16-19-9-8-14-37-19)24(33)17-32-22-11-7-6-10-21(22)29-30-32/h6-15,25H,16-17H2,1-5H3,(H,28,34). The van der Waals surface area contributed by atoms with Crippen molar-refractivity contribution >= 4 is 34.2 Å². The Morgan fingerprint density at radius 3 is 2.54 bits per heavy atom. The number of ether oxygens (including phenoxy) is 2. The number of hydrogen-bond acceptors (Lipinski definition) is 7. The Morgan fingerprint density at radius 2 is 1.86 bits per heavy atom. The smallest absolute Gasteiger partial charge is 0.248 e. The monoisotopic (exact) mass is 521 g/mol. The summed E-state index contributed by atoms with van der Waals surface area (Å²) in [6.45, 7) is 5.84. The molecule has 0 fully saturated rings. The van der Waals surface area contributed by atoms with Gasteiger partial charge in [-0.1, -0.05) is 23.4 Å². The van der Waals surface area contributed by atoms with E-state index >= 15 is 0 Å². The molecule has 0 bridgehead atoms. The van der Waals surface area contributed by atoms with E-state index < -0.39 is 11.6 Å². The van der Waals surface area contributed by atoms with E-state index in [1.165, 1.54) is 18.4 Å². The largest absolute Gasteiger partial charge is 0.497 e. The summed E-state index contributed by atoms with van der Waals surface area (Å²) in [7, 11) is 3.09. The number of nitrogens with zero attached hydrogens (tertiary/aromatic N) is 4.